The first-order valence-electron chi connectivity index (χ1n) is 14.1. The van der Waals surface area contributed by atoms with Crippen molar-refractivity contribution in [2.75, 3.05) is 31.3 Å². The molecular weight excluding hydrogens is 550 g/mol. The third-order valence-electron chi connectivity index (χ3n) is 7.47. The molecule has 2 atom stereocenters. The van der Waals surface area contributed by atoms with Crippen LogP contribution in [0.5, 0.6) is 0 Å². The summed E-state index contributed by atoms with van der Waals surface area (Å²) in [5.41, 5.74) is 3.38. The second-order valence-electron chi connectivity index (χ2n) is 11.3. The number of fused-ring (bicyclic) bond motifs is 1. The van der Waals surface area contributed by atoms with E-state index < -0.39 is 5.54 Å². The quantitative estimate of drug-likeness (QED) is 0.182. The molecular formula is C32H36ClN7O2. The molecule has 1 fully saturated rings. The maximum Gasteiger partial charge on any atom is 0.251 e. The van der Waals surface area contributed by atoms with E-state index in [2.05, 4.69) is 32.8 Å². The number of halogens is 1. The zero-order valence-electron chi connectivity index (χ0n) is 24.1. The lowest BCUT2D eigenvalue weighted by atomic mass is 9.80. The Balaban J connectivity index is 1.21. The molecule has 2 aromatic carbocycles. The fourth-order valence-corrected chi connectivity index (χ4v) is 5.60. The topological polar surface area (TPSA) is 115 Å². The number of para-hydroxylation sites is 1. The van der Waals surface area contributed by atoms with Crippen molar-refractivity contribution in [1.82, 2.24) is 25.2 Å². The Kier molecular flexibility index (Phi) is 8.89. The van der Waals surface area contributed by atoms with Gasteiger partial charge in [0.25, 0.3) is 5.91 Å². The average molecular weight is 586 g/mol. The smallest absolute Gasteiger partial charge is 0.251 e. The molecule has 2 unspecified atom stereocenters. The molecule has 0 saturated heterocycles. The van der Waals surface area contributed by atoms with Crippen LogP contribution in [0.4, 0.5) is 11.6 Å². The number of rotatable bonds is 9. The molecule has 5 rings (SSSR count). The van der Waals surface area contributed by atoms with Gasteiger partial charge in [-0.3, -0.25) is 9.59 Å². The number of hydrogen-bond donors (Lipinski definition) is 4. The van der Waals surface area contributed by atoms with Gasteiger partial charge in [-0.05, 0) is 77.0 Å². The highest BCUT2D eigenvalue weighted by Gasteiger charge is 2.34. The SMILES string of the molecule is CN(C)CC=CC(=O)Nc1ccc(C(=O)NC2(C)CCCC(Nc3ncc(Cl)c(-c4c[nH]c5ccccc45)n3)C2)cc1. The summed E-state index contributed by atoms with van der Waals surface area (Å²) in [5, 5.41) is 11.1. The van der Waals surface area contributed by atoms with Crippen LogP contribution in [0.1, 0.15) is 43.0 Å². The van der Waals surface area contributed by atoms with Crippen LogP contribution in [0.2, 0.25) is 5.02 Å². The minimum atomic E-state index is -0.400. The number of anilines is 2. The molecule has 0 radical (unpaired) electrons. The van der Waals surface area contributed by atoms with Crippen molar-refractivity contribution in [3.05, 3.63) is 83.7 Å². The van der Waals surface area contributed by atoms with Crippen LogP contribution in [-0.2, 0) is 4.79 Å². The number of nitrogens with zero attached hydrogens (tertiary/aromatic N) is 3. The largest absolute Gasteiger partial charge is 0.360 e. The zero-order valence-corrected chi connectivity index (χ0v) is 24.8. The van der Waals surface area contributed by atoms with Crippen molar-refractivity contribution in [2.45, 2.75) is 44.2 Å². The van der Waals surface area contributed by atoms with Crippen molar-refractivity contribution in [3.63, 3.8) is 0 Å². The van der Waals surface area contributed by atoms with Crippen LogP contribution < -0.4 is 16.0 Å². The number of carbonyl (C=O) groups is 2. The van der Waals surface area contributed by atoms with Gasteiger partial charge in [-0.2, -0.15) is 0 Å². The Morgan fingerprint density at radius 1 is 1.17 bits per heavy atom. The highest BCUT2D eigenvalue weighted by Crippen LogP contribution is 2.34. The summed E-state index contributed by atoms with van der Waals surface area (Å²) in [6.45, 7) is 2.76. The van der Waals surface area contributed by atoms with Crippen molar-refractivity contribution >= 4 is 46.0 Å². The molecule has 2 aromatic heterocycles. The van der Waals surface area contributed by atoms with Gasteiger partial charge in [0.1, 0.15) is 0 Å². The molecule has 9 nitrogen and oxygen atoms in total. The third-order valence-corrected chi connectivity index (χ3v) is 7.75. The van der Waals surface area contributed by atoms with Crippen molar-refractivity contribution in [2.24, 2.45) is 0 Å². The predicted octanol–water partition coefficient (Wildman–Crippen LogP) is 5.88. The number of nitrogens with one attached hydrogen (secondary N) is 4. The minimum absolute atomic E-state index is 0.0826. The molecule has 0 bridgehead atoms. The van der Waals surface area contributed by atoms with Gasteiger partial charge in [0.05, 0.1) is 16.9 Å². The van der Waals surface area contributed by atoms with Crippen LogP contribution in [-0.4, -0.2) is 63.9 Å². The molecule has 0 aliphatic heterocycles. The van der Waals surface area contributed by atoms with E-state index in [1.165, 1.54) is 6.08 Å². The molecule has 1 aliphatic rings. The normalized spacial score (nSPS) is 18.8. The number of H-pyrrole nitrogens is 1. The van der Waals surface area contributed by atoms with E-state index in [1.54, 1.807) is 36.5 Å². The third kappa shape index (κ3) is 7.16. The zero-order chi connectivity index (χ0) is 29.7. The van der Waals surface area contributed by atoms with Gasteiger partial charge in [0.2, 0.25) is 11.9 Å². The average Bonchev–Trinajstić information content (AvgIpc) is 3.38. The first kappa shape index (κ1) is 29.3. The fraction of sp³-hybridized carbons (Fsp3) is 0.312. The maximum absolute atomic E-state index is 13.2. The van der Waals surface area contributed by atoms with Crippen LogP contribution in [0, 0.1) is 0 Å². The minimum Gasteiger partial charge on any atom is -0.360 e. The number of hydrogen-bond acceptors (Lipinski definition) is 6. The number of aromatic amines is 1. The van der Waals surface area contributed by atoms with E-state index in [0.717, 1.165) is 42.1 Å². The molecule has 0 spiro atoms. The van der Waals surface area contributed by atoms with E-state index >= 15 is 0 Å². The lowest BCUT2D eigenvalue weighted by Gasteiger charge is -2.39. The van der Waals surface area contributed by atoms with E-state index in [0.29, 0.717) is 34.5 Å². The monoisotopic (exact) mass is 585 g/mol. The predicted molar refractivity (Wildman–Crippen MR) is 169 cm³/mol. The lowest BCUT2D eigenvalue weighted by Crippen LogP contribution is -2.51. The summed E-state index contributed by atoms with van der Waals surface area (Å²) in [5.74, 6) is 0.154. The number of likely N-dealkylation sites (N-methyl/N-ethyl adjacent to an activating group) is 1. The molecule has 218 valence electrons. The summed E-state index contributed by atoms with van der Waals surface area (Å²) >= 11 is 6.52. The van der Waals surface area contributed by atoms with Crippen LogP contribution in [0.15, 0.2) is 73.1 Å². The van der Waals surface area contributed by atoms with Gasteiger partial charge in [-0.15, -0.1) is 0 Å². The summed E-state index contributed by atoms with van der Waals surface area (Å²) in [7, 11) is 3.87. The molecule has 1 saturated carbocycles. The van der Waals surface area contributed by atoms with Gasteiger partial charge in [-0.25, -0.2) is 9.97 Å². The first-order chi connectivity index (χ1) is 20.2. The summed E-state index contributed by atoms with van der Waals surface area (Å²) in [6, 6.07) is 15.0. The Hall–Kier alpha value is -4.21. The number of aromatic nitrogens is 3. The highest BCUT2D eigenvalue weighted by atomic mass is 35.5. The van der Waals surface area contributed by atoms with E-state index in [1.807, 2.05) is 49.5 Å². The second kappa shape index (κ2) is 12.8. The van der Waals surface area contributed by atoms with Crippen molar-refractivity contribution in [1.29, 1.82) is 0 Å². The van der Waals surface area contributed by atoms with Gasteiger partial charge < -0.3 is 25.8 Å². The molecule has 42 heavy (non-hydrogen) atoms. The lowest BCUT2D eigenvalue weighted by molar-refractivity contribution is -0.111. The molecule has 10 heteroatoms. The van der Waals surface area contributed by atoms with Gasteiger partial charge in [-0.1, -0.05) is 35.9 Å². The second-order valence-corrected chi connectivity index (χ2v) is 11.7. The maximum atomic E-state index is 13.2. The first-order valence-corrected chi connectivity index (χ1v) is 14.5. The fourth-order valence-electron chi connectivity index (χ4n) is 5.40. The van der Waals surface area contributed by atoms with Crippen molar-refractivity contribution in [3.8, 4) is 11.3 Å². The van der Waals surface area contributed by atoms with Crippen LogP contribution in [0.25, 0.3) is 22.2 Å². The van der Waals surface area contributed by atoms with Crippen LogP contribution in [0.3, 0.4) is 0 Å². The number of benzene rings is 2. The summed E-state index contributed by atoms with van der Waals surface area (Å²) in [4.78, 5) is 39.7. The van der Waals surface area contributed by atoms with Gasteiger partial charge >= 0.3 is 0 Å². The Morgan fingerprint density at radius 3 is 2.74 bits per heavy atom. The van der Waals surface area contributed by atoms with Gasteiger partial charge in [0.15, 0.2) is 0 Å². The van der Waals surface area contributed by atoms with Gasteiger partial charge in [0, 0.05) is 58.1 Å². The number of carbonyl (C=O) groups excluding carboxylic acids is 2. The van der Waals surface area contributed by atoms with E-state index in [-0.39, 0.29) is 17.9 Å². The molecule has 1 aliphatic carbocycles. The molecule has 4 aromatic rings. The highest BCUT2D eigenvalue weighted by molar-refractivity contribution is 6.33. The number of amides is 2. The Morgan fingerprint density at radius 2 is 1.95 bits per heavy atom. The van der Waals surface area contributed by atoms with E-state index in [9.17, 15) is 9.59 Å². The van der Waals surface area contributed by atoms with Crippen molar-refractivity contribution < 1.29 is 9.59 Å². The van der Waals surface area contributed by atoms with E-state index in [4.69, 9.17) is 16.6 Å². The standard InChI is InChI=1S/C32H36ClN7O2/c1-32(39-30(42)21-12-14-22(15-13-21)36-28(41)11-7-17-40(2)3)16-6-8-23(18-32)37-31-35-20-26(33)29(38-31)25-19-34-27-10-5-4-9-24(25)27/h4-5,7,9-15,19-20,23,34H,6,8,16-18H2,1-3H3,(H,36,41)(H,39,42)(H,35,37,38). The molecule has 2 heterocycles. The molecule has 2 amide bonds. The Bertz CT molecular complexity index is 1600. The summed E-state index contributed by atoms with van der Waals surface area (Å²) < 4.78 is 0. The van der Waals surface area contributed by atoms with Crippen LogP contribution >= 0.6 is 11.6 Å². The molecule has 4 N–H and O–H groups in total. The Labute approximate surface area is 250 Å². The summed E-state index contributed by atoms with van der Waals surface area (Å²) in [6.07, 6.45) is 10.3.